The molecule has 0 saturated carbocycles. The van der Waals surface area contributed by atoms with Crippen LogP contribution < -0.4 is 10.1 Å². The van der Waals surface area contributed by atoms with Crippen molar-refractivity contribution in [3.63, 3.8) is 0 Å². The van der Waals surface area contributed by atoms with Crippen LogP contribution in [0, 0.1) is 0 Å². The van der Waals surface area contributed by atoms with E-state index < -0.39 is 6.10 Å². The van der Waals surface area contributed by atoms with Crippen molar-refractivity contribution in [2.45, 2.75) is 32.4 Å². The number of nitrogens with one attached hydrogen (secondary N) is 1. The van der Waals surface area contributed by atoms with Gasteiger partial charge in [-0.15, -0.1) is 0 Å². The third kappa shape index (κ3) is 4.21. The van der Waals surface area contributed by atoms with E-state index in [-0.39, 0.29) is 5.54 Å². The minimum atomic E-state index is -0.505. The first-order valence-corrected chi connectivity index (χ1v) is 5.49. The number of rotatable bonds is 4. The molecule has 0 radical (unpaired) electrons. The van der Waals surface area contributed by atoms with E-state index in [1.165, 1.54) is 0 Å². The van der Waals surface area contributed by atoms with Gasteiger partial charge < -0.3 is 15.2 Å². The van der Waals surface area contributed by atoms with Crippen LogP contribution >= 0.6 is 0 Å². The molecule has 0 aliphatic heterocycles. The average molecular weight is 223 g/mol. The Balaban J connectivity index is 2.62. The van der Waals surface area contributed by atoms with Crippen molar-refractivity contribution in [2.75, 3.05) is 13.7 Å². The molecule has 16 heavy (non-hydrogen) atoms. The average Bonchev–Trinajstić information content (AvgIpc) is 2.25. The van der Waals surface area contributed by atoms with Crippen LogP contribution in [-0.4, -0.2) is 24.3 Å². The molecule has 1 aromatic carbocycles. The van der Waals surface area contributed by atoms with Crippen LogP contribution in [0.2, 0.25) is 0 Å². The summed E-state index contributed by atoms with van der Waals surface area (Å²) in [7, 11) is 1.62. The van der Waals surface area contributed by atoms with E-state index in [2.05, 4.69) is 26.1 Å². The van der Waals surface area contributed by atoms with Gasteiger partial charge in [0, 0.05) is 12.1 Å². The van der Waals surface area contributed by atoms with Gasteiger partial charge in [-0.1, -0.05) is 12.1 Å². The van der Waals surface area contributed by atoms with E-state index >= 15 is 0 Å². The molecule has 0 saturated heterocycles. The molecular weight excluding hydrogens is 202 g/mol. The highest BCUT2D eigenvalue weighted by molar-refractivity contribution is 5.29. The molecule has 1 rings (SSSR count). The highest BCUT2D eigenvalue weighted by Crippen LogP contribution is 2.18. The fourth-order valence-corrected chi connectivity index (χ4v) is 1.37. The van der Waals surface area contributed by atoms with E-state index in [4.69, 9.17) is 4.74 Å². The molecule has 1 aromatic rings. The molecule has 0 fully saturated rings. The maximum Gasteiger partial charge on any atom is 0.119 e. The van der Waals surface area contributed by atoms with Crippen LogP contribution in [0.3, 0.4) is 0 Å². The lowest BCUT2D eigenvalue weighted by molar-refractivity contribution is 0.163. The number of benzene rings is 1. The maximum absolute atomic E-state index is 9.99. The number of ether oxygens (including phenoxy) is 1. The molecule has 0 bridgehead atoms. The lowest BCUT2D eigenvalue weighted by atomic mass is 10.1. The van der Waals surface area contributed by atoms with Crippen LogP contribution in [0.1, 0.15) is 32.4 Å². The van der Waals surface area contributed by atoms with Gasteiger partial charge in [-0.2, -0.15) is 0 Å². The summed E-state index contributed by atoms with van der Waals surface area (Å²) in [4.78, 5) is 0. The van der Waals surface area contributed by atoms with E-state index in [0.29, 0.717) is 6.54 Å². The highest BCUT2D eigenvalue weighted by Gasteiger charge is 2.13. The molecule has 90 valence electrons. The first-order valence-electron chi connectivity index (χ1n) is 5.49. The summed E-state index contributed by atoms with van der Waals surface area (Å²) in [5.41, 5.74) is 0.885. The van der Waals surface area contributed by atoms with Gasteiger partial charge in [0.05, 0.1) is 13.2 Å². The van der Waals surface area contributed by atoms with Gasteiger partial charge >= 0.3 is 0 Å². The Hall–Kier alpha value is -1.06. The Morgan fingerprint density at radius 3 is 2.62 bits per heavy atom. The summed E-state index contributed by atoms with van der Waals surface area (Å²) < 4.78 is 5.12. The molecule has 2 N–H and O–H groups in total. The zero-order valence-electron chi connectivity index (χ0n) is 10.4. The van der Waals surface area contributed by atoms with Gasteiger partial charge in [0.2, 0.25) is 0 Å². The number of β-amino-alcohol motifs (C(OH)–C–C–N with tert-alkyl or cyclic N) is 1. The Bertz CT molecular complexity index is 331. The molecule has 3 heteroatoms. The molecule has 0 amide bonds. The van der Waals surface area contributed by atoms with Gasteiger partial charge in [-0.05, 0) is 38.5 Å². The van der Waals surface area contributed by atoms with Crippen molar-refractivity contribution in [3.05, 3.63) is 29.8 Å². The summed E-state index contributed by atoms with van der Waals surface area (Å²) in [6.45, 7) is 6.76. The summed E-state index contributed by atoms with van der Waals surface area (Å²) in [6, 6.07) is 7.51. The van der Waals surface area contributed by atoms with Gasteiger partial charge in [0.25, 0.3) is 0 Å². The smallest absolute Gasteiger partial charge is 0.119 e. The SMILES string of the molecule is COc1cccc(C(O)CNC(C)(C)C)c1. The molecule has 0 spiro atoms. The second-order valence-corrected chi connectivity index (χ2v) is 4.92. The van der Waals surface area contributed by atoms with E-state index in [0.717, 1.165) is 11.3 Å². The molecular formula is C13H21NO2. The summed E-state index contributed by atoms with van der Waals surface area (Å²) >= 11 is 0. The van der Waals surface area contributed by atoms with E-state index in [1.54, 1.807) is 7.11 Å². The third-order valence-corrected chi connectivity index (χ3v) is 2.30. The van der Waals surface area contributed by atoms with Crippen LogP contribution in [0.4, 0.5) is 0 Å². The molecule has 0 aromatic heterocycles. The highest BCUT2D eigenvalue weighted by atomic mass is 16.5. The predicted molar refractivity (Wildman–Crippen MR) is 65.7 cm³/mol. The number of methoxy groups -OCH3 is 1. The topological polar surface area (TPSA) is 41.5 Å². The van der Waals surface area contributed by atoms with Crippen LogP contribution in [0.15, 0.2) is 24.3 Å². The maximum atomic E-state index is 9.99. The summed E-state index contributed by atoms with van der Waals surface area (Å²) in [5, 5.41) is 13.3. The first kappa shape index (κ1) is 13.0. The normalized spacial score (nSPS) is 13.6. The van der Waals surface area contributed by atoms with Gasteiger partial charge in [0.15, 0.2) is 0 Å². The molecule has 1 unspecified atom stereocenters. The second-order valence-electron chi connectivity index (χ2n) is 4.92. The number of hydrogen-bond acceptors (Lipinski definition) is 3. The number of aliphatic hydroxyl groups excluding tert-OH is 1. The minimum Gasteiger partial charge on any atom is -0.497 e. The van der Waals surface area contributed by atoms with Crippen LogP contribution in [-0.2, 0) is 0 Å². The largest absolute Gasteiger partial charge is 0.497 e. The predicted octanol–water partition coefficient (Wildman–Crippen LogP) is 2.12. The fraction of sp³-hybridized carbons (Fsp3) is 0.538. The second kappa shape index (κ2) is 5.32. The Morgan fingerprint density at radius 2 is 2.06 bits per heavy atom. The Morgan fingerprint density at radius 1 is 1.38 bits per heavy atom. The standard InChI is InChI=1S/C13H21NO2/c1-13(2,3)14-9-12(15)10-6-5-7-11(8-10)16-4/h5-8,12,14-15H,9H2,1-4H3. The lowest BCUT2D eigenvalue weighted by Crippen LogP contribution is -2.38. The molecule has 0 aliphatic carbocycles. The lowest BCUT2D eigenvalue weighted by Gasteiger charge is -2.23. The molecule has 3 nitrogen and oxygen atoms in total. The Kier molecular flexibility index (Phi) is 4.33. The zero-order chi connectivity index (χ0) is 12.2. The van der Waals surface area contributed by atoms with E-state index in [9.17, 15) is 5.11 Å². The first-order chi connectivity index (χ1) is 7.42. The van der Waals surface area contributed by atoms with Crippen molar-refractivity contribution in [1.82, 2.24) is 5.32 Å². The summed E-state index contributed by atoms with van der Waals surface area (Å²) in [5.74, 6) is 0.771. The van der Waals surface area contributed by atoms with Gasteiger partial charge in [-0.3, -0.25) is 0 Å². The fourth-order valence-electron chi connectivity index (χ4n) is 1.37. The van der Waals surface area contributed by atoms with E-state index in [1.807, 2.05) is 24.3 Å². The van der Waals surface area contributed by atoms with Crippen molar-refractivity contribution >= 4 is 0 Å². The van der Waals surface area contributed by atoms with Crippen molar-refractivity contribution < 1.29 is 9.84 Å². The molecule has 0 aliphatic rings. The van der Waals surface area contributed by atoms with Crippen LogP contribution in [0.5, 0.6) is 5.75 Å². The zero-order valence-corrected chi connectivity index (χ0v) is 10.4. The summed E-state index contributed by atoms with van der Waals surface area (Å²) in [6.07, 6.45) is -0.505. The van der Waals surface area contributed by atoms with Crippen molar-refractivity contribution in [2.24, 2.45) is 0 Å². The van der Waals surface area contributed by atoms with Crippen molar-refractivity contribution in [1.29, 1.82) is 0 Å². The number of aliphatic hydroxyl groups is 1. The number of hydrogen-bond donors (Lipinski definition) is 2. The quantitative estimate of drug-likeness (QED) is 0.821. The minimum absolute atomic E-state index is 0.0137. The van der Waals surface area contributed by atoms with Gasteiger partial charge in [-0.25, -0.2) is 0 Å². The van der Waals surface area contributed by atoms with Crippen molar-refractivity contribution in [3.8, 4) is 5.75 Å². The monoisotopic (exact) mass is 223 g/mol. The molecule has 1 atom stereocenters. The van der Waals surface area contributed by atoms with Crippen LogP contribution in [0.25, 0.3) is 0 Å². The third-order valence-electron chi connectivity index (χ3n) is 2.30. The van der Waals surface area contributed by atoms with Gasteiger partial charge in [0.1, 0.15) is 5.75 Å². The molecule has 0 heterocycles. The Labute approximate surface area is 97.4 Å².